The van der Waals surface area contributed by atoms with Crippen molar-refractivity contribution in [2.45, 2.75) is 0 Å². The molecular formula is C20H11F. The first kappa shape index (κ1) is 11.0. The average molecular weight is 270 g/mol. The van der Waals surface area contributed by atoms with Gasteiger partial charge >= 0.3 is 0 Å². The molecule has 21 heavy (non-hydrogen) atoms. The Hall–Kier alpha value is -2.67. The van der Waals surface area contributed by atoms with Crippen molar-refractivity contribution in [3.63, 3.8) is 0 Å². The molecular weight excluding hydrogens is 259 g/mol. The third kappa shape index (κ3) is 1.33. The number of fused-ring (bicyclic) bond motifs is 2. The summed E-state index contributed by atoms with van der Waals surface area (Å²) < 4.78 is 14.0. The molecule has 5 aromatic carbocycles. The van der Waals surface area contributed by atoms with Gasteiger partial charge < -0.3 is 0 Å². The Morgan fingerprint density at radius 3 is 1.71 bits per heavy atom. The van der Waals surface area contributed by atoms with Crippen LogP contribution in [0.5, 0.6) is 0 Å². The van der Waals surface area contributed by atoms with Crippen LogP contribution in [-0.4, -0.2) is 0 Å². The fourth-order valence-electron chi connectivity index (χ4n) is 3.62. The zero-order chi connectivity index (χ0) is 14.0. The van der Waals surface area contributed by atoms with E-state index >= 15 is 0 Å². The Kier molecular flexibility index (Phi) is 1.95. The smallest absolute Gasteiger partial charge is 0.124 e. The maximum atomic E-state index is 14.0. The SMILES string of the molecule is Fc1cc2cccc3c4cccc5cccc(c(c1)c23)c54. The van der Waals surface area contributed by atoms with Gasteiger partial charge in [0.25, 0.3) is 0 Å². The van der Waals surface area contributed by atoms with Crippen LogP contribution in [-0.2, 0) is 0 Å². The predicted molar refractivity (Wildman–Crippen MR) is 87.6 cm³/mol. The molecule has 0 bridgehead atoms. The zero-order valence-electron chi connectivity index (χ0n) is 11.2. The second-order valence-corrected chi connectivity index (χ2v) is 5.57. The monoisotopic (exact) mass is 270 g/mol. The van der Waals surface area contributed by atoms with Gasteiger partial charge in [-0.05, 0) is 55.2 Å². The van der Waals surface area contributed by atoms with E-state index in [1.54, 1.807) is 12.1 Å². The van der Waals surface area contributed by atoms with Gasteiger partial charge in [-0.1, -0.05) is 54.6 Å². The molecule has 0 aliphatic rings. The predicted octanol–water partition coefficient (Wildman–Crippen LogP) is 5.88. The Bertz CT molecular complexity index is 1130. The first-order chi connectivity index (χ1) is 10.3. The first-order valence-corrected chi connectivity index (χ1v) is 7.08. The minimum atomic E-state index is -0.175. The molecule has 0 fully saturated rings. The third-order valence-corrected chi connectivity index (χ3v) is 4.43. The lowest BCUT2D eigenvalue weighted by molar-refractivity contribution is 0.631. The lowest BCUT2D eigenvalue weighted by Crippen LogP contribution is -1.87. The van der Waals surface area contributed by atoms with Crippen molar-refractivity contribution in [2.24, 2.45) is 0 Å². The van der Waals surface area contributed by atoms with Crippen LogP contribution in [0.1, 0.15) is 0 Å². The van der Waals surface area contributed by atoms with E-state index in [-0.39, 0.29) is 5.82 Å². The molecule has 1 heteroatoms. The molecule has 5 aromatic rings. The van der Waals surface area contributed by atoms with Crippen molar-refractivity contribution in [1.29, 1.82) is 0 Å². The van der Waals surface area contributed by atoms with Gasteiger partial charge in [0.05, 0.1) is 0 Å². The number of rotatable bonds is 0. The highest BCUT2D eigenvalue weighted by molar-refractivity contribution is 6.32. The van der Waals surface area contributed by atoms with Crippen molar-refractivity contribution in [3.05, 3.63) is 72.5 Å². The molecule has 0 unspecified atom stereocenters. The molecule has 5 rings (SSSR count). The summed E-state index contributed by atoms with van der Waals surface area (Å²) in [6.45, 7) is 0. The van der Waals surface area contributed by atoms with Crippen molar-refractivity contribution in [2.75, 3.05) is 0 Å². The van der Waals surface area contributed by atoms with Gasteiger partial charge in [0, 0.05) is 0 Å². The minimum absolute atomic E-state index is 0.175. The van der Waals surface area contributed by atoms with E-state index in [0.717, 1.165) is 21.5 Å². The van der Waals surface area contributed by atoms with Gasteiger partial charge in [0.15, 0.2) is 0 Å². The van der Waals surface area contributed by atoms with E-state index in [4.69, 9.17) is 0 Å². The fraction of sp³-hybridized carbons (Fsp3) is 0. The van der Waals surface area contributed by atoms with E-state index in [1.165, 1.54) is 21.5 Å². The highest BCUT2D eigenvalue weighted by Crippen LogP contribution is 2.40. The van der Waals surface area contributed by atoms with Crippen molar-refractivity contribution < 1.29 is 4.39 Å². The zero-order valence-corrected chi connectivity index (χ0v) is 11.2. The van der Waals surface area contributed by atoms with Crippen LogP contribution in [0.2, 0.25) is 0 Å². The Morgan fingerprint density at radius 2 is 1.05 bits per heavy atom. The highest BCUT2D eigenvalue weighted by atomic mass is 19.1. The quantitative estimate of drug-likeness (QED) is 0.243. The molecule has 0 spiro atoms. The average Bonchev–Trinajstić information content (AvgIpc) is 2.51. The molecule has 0 radical (unpaired) electrons. The summed E-state index contributed by atoms with van der Waals surface area (Å²) in [6.07, 6.45) is 0. The second kappa shape index (κ2) is 3.70. The molecule has 0 saturated carbocycles. The summed E-state index contributed by atoms with van der Waals surface area (Å²) in [4.78, 5) is 0. The molecule has 0 atom stereocenters. The lowest BCUT2D eigenvalue weighted by atomic mass is 9.90. The molecule has 0 saturated heterocycles. The molecule has 0 aromatic heterocycles. The molecule has 0 amide bonds. The van der Waals surface area contributed by atoms with Crippen LogP contribution >= 0.6 is 0 Å². The Morgan fingerprint density at radius 1 is 0.524 bits per heavy atom. The summed E-state index contributed by atoms with van der Waals surface area (Å²) in [5.74, 6) is -0.175. The Balaban J connectivity index is 2.29. The summed E-state index contributed by atoms with van der Waals surface area (Å²) in [5, 5.41) is 9.14. The maximum Gasteiger partial charge on any atom is 0.124 e. The molecule has 0 aliphatic heterocycles. The largest absolute Gasteiger partial charge is 0.207 e. The third-order valence-electron chi connectivity index (χ3n) is 4.43. The molecule has 98 valence electrons. The van der Waals surface area contributed by atoms with E-state index in [2.05, 4.69) is 36.4 Å². The van der Waals surface area contributed by atoms with Crippen LogP contribution < -0.4 is 0 Å². The van der Waals surface area contributed by atoms with Gasteiger partial charge in [-0.25, -0.2) is 4.39 Å². The van der Waals surface area contributed by atoms with Gasteiger partial charge in [-0.15, -0.1) is 0 Å². The van der Waals surface area contributed by atoms with Crippen LogP contribution in [0.15, 0.2) is 66.7 Å². The van der Waals surface area contributed by atoms with E-state index in [0.29, 0.717) is 0 Å². The number of halogens is 1. The first-order valence-electron chi connectivity index (χ1n) is 7.08. The highest BCUT2D eigenvalue weighted by Gasteiger charge is 2.12. The van der Waals surface area contributed by atoms with Gasteiger partial charge in [0.2, 0.25) is 0 Å². The Labute approximate surface area is 120 Å². The normalized spacial score (nSPS) is 12.0. The topological polar surface area (TPSA) is 0 Å². The number of hydrogen-bond donors (Lipinski definition) is 0. The van der Waals surface area contributed by atoms with E-state index < -0.39 is 0 Å². The minimum Gasteiger partial charge on any atom is -0.207 e. The number of hydrogen-bond acceptors (Lipinski definition) is 0. The lowest BCUT2D eigenvalue weighted by Gasteiger charge is -2.14. The summed E-state index contributed by atoms with van der Waals surface area (Å²) in [6, 6.07) is 22.0. The van der Waals surface area contributed by atoms with Crippen LogP contribution in [0.3, 0.4) is 0 Å². The van der Waals surface area contributed by atoms with Gasteiger partial charge in [-0.2, -0.15) is 0 Å². The maximum absolute atomic E-state index is 14.0. The molecule has 0 heterocycles. The summed E-state index contributed by atoms with van der Waals surface area (Å²) in [5.41, 5.74) is 0. The van der Waals surface area contributed by atoms with Crippen molar-refractivity contribution in [1.82, 2.24) is 0 Å². The molecule has 0 aliphatic carbocycles. The summed E-state index contributed by atoms with van der Waals surface area (Å²) in [7, 11) is 0. The van der Waals surface area contributed by atoms with Crippen LogP contribution in [0.4, 0.5) is 4.39 Å². The van der Waals surface area contributed by atoms with E-state index in [1.807, 2.05) is 18.2 Å². The standard InChI is InChI=1S/C20H11F/c21-14-10-13-6-3-8-16-15-7-1-4-12-5-2-9-17(19(12)15)18(11-14)20(13)16/h1-11H. The van der Waals surface area contributed by atoms with Gasteiger partial charge in [-0.3, -0.25) is 0 Å². The van der Waals surface area contributed by atoms with Crippen molar-refractivity contribution in [3.8, 4) is 0 Å². The van der Waals surface area contributed by atoms with Gasteiger partial charge in [0.1, 0.15) is 5.82 Å². The number of benzene rings is 5. The van der Waals surface area contributed by atoms with Crippen molar-refractivity contribution >= 4 is 43.1 Å². The van der Waals surface area contributed by atoms with E-state index in [9.17, 15) is 4.39 Å². The van der Waals surface area contributed by atoms with Crippen LogP contribution in [0.25, 0.3) is 43.1 Å². The molecule has 0 nitrogen and oxygen atoms in total. The van der Waals surface area contributed by atoms with Crippen LogP contribution in [0, 0.1) is 5.82 Å². The fourth-order valence-corrected chi connectivity index (χ4v) is 3.62. The molecule has 0 N–H and O–H groups in total. The second-order valence-electron chi connectivity index (χ2n) is 5.57. The summed E-state index contributed by atoms with van der Waals surface area (Å²) >= 11 is 0.